The van der Waals surface area contributed by atoms with Gasteiger partial charge in [-0.3, -0.25) is 4.79 Å². The van der Waals surface area contributed by atoms with Crippen molar-refractivity contribution in [2.75, 3.05) is 38.2 Å². The zero-order valence-corrected chi connectivity index (χ0v) is 18.2. The molecule has 0 aromatic heterocycles. The summed E-state index contributed by atoms with van der Waals surface area (Å²) in [4.78, 5) is 15.5. The second kappa shape index (κ2) is 10.0. The zero-order chi connectivity index (χ0) is 18.0. The van der Waals surface area contributed by atoms with Gasteiger partial charge in [-0.1, -0.05) is 25.0 Å². The van der Waals surface area contributed by atoms with E-state index in [1.807, 2.05) is 12.1 Å². The van der Waals surface area contributed by atoms with Crippen LogP contribution in [0.1, 0.15) is 38.5 Å². The molecular formula is C21H33Cl2N3O2. The molecule has 28 heavy (non-hydrogen) atoms. The van der Waals surface area contributed by atoms with Gasteiger partial charge in [0.05, 0.1) is 18.2 Å². The summed E-state index contributed by atoms with van der Waals surface area (Å²) < 4.78 is 5.50. The van der Waals surface area contributed by atoms with Crippen LogP contribution in [0.5, 0.6) is 5.75 Å². The largest absolute Gasteiger partial charge is 0.495 e. The van der Waals surface area contributed by atoms with Crippen LogP contribution in [0, 0.1) is 11.3 Å². The predicted octanol–water partition coefficient (Wildman–Crippen LogP) is 3.40. The van der Waals surface area contributed by atoms with Crippen LogP contribution in [0.25, 0.3) is 0 Å². The number of benzene rings is 1. The highest BCUT2D eigenvalue weighted by atomic mass is 35.5. The number of hydrogen-bond donors (Lipinski definition) is 2. The molecule has 158 valence electrons. The molecule has 1 aromatic rings. The SMILES string of the molecule is COc1ccccc1N1CCC(NC(=O)[C@@]23CCCC[C@H]2CNC3)CC1.Cl.Cl. The number of fused-ring (bicyclic) bond motifs is 1. The fraction of sp³-hybridized carbons (Fsp3) is 0.667. The van der Waals surface area contributed by atoms with Crippen molar-refractivity contribution < 1.29 is 9.53 Å². The Kier molecular flexibility index (Phi) is 8.29. The van der Waals surface area contributed by atoms with E-state index in [-0.39, 0.29) is 30.2 Å². The molecule has 1 aliphatic carbocycles. The average molecular weight is 430 g/mol. The third-order valence-corrected chi connectivity index (χ3v) is 6.75. The lowest BCUT2D eigenvalue weighted by Gasteiger charge is -2.40. The molecule has 2 saturated heterocycles. The maximum Gasteiger partial charge on any atom is 0.228 e. The molecule has 4 rings (SSSR count). The molecule has 7 heteroatoms. The van der Waals surface area contributed by atoms with Gasteiger partial charge in [0.25, 0.3) is 0 Å². The fourth-order valence-electron chi connectivity index (χ4n) is 5.18. The van der Waals surface area contributed by atoms with E-state index in [4.69, 9.17) is 4.74 Å². The maximum atomic E-state index is 13.1. The highest BCUT2D eigenvalue weighted by Crippen LogP contribution is 2.44. The van der Waals surface area contributed by atoms with Crippen molar-refractivity contribution in [1.82, 2.24) is 10.6 Å². The van der Waals surface area contributed by atoms with Crippen molar-refractivity contribution in [1.29, 1.82) is 0 Å². The van der Waals surface area contributed by atoms with E-state index >= 15 is 0 Å². The number of carbonyl (C=O) groups is 1. The number of piperidine rings is 1. The van der Waals surface area contributed by atoms with Crippen LogP contribution in [0.2, 0.25) is 0 Å². The lowest BCUT2D eigenvalue weighted by atomic mass is 9.67. The summed E-state index contributed by atoms with van der Waals surface area (Å²) in [6.45, 7) is 3.79. The van der Waals surface area contributed by atoms with Crippen molar-refractivity contribution in [3.8, 4) is 5.75 Å². The molecule has 3 aliphatic rings. The van der Waals surface area contributed by atoms with Crippen molar-refractivity contribution in [2.45, 2.75) is 44.6 Å². The number of nitrogens with zero attached hydrogens (tertiary/aromatic N) is 1. The maximum absolute atomic E-state index is 13.1. The summed E-state index contributed by atoms with van der Waals surface area (Å²) in [5.74, 6) is 1.77. The van der Waals surface area contributed by atoms with Gasteiger partial charge in [0.2, 0.25) is 5.91 Å². The number of methoxy groups -OCH3 is 1. The number of halogens is 2. The predicted molar refractivity (Wildman–Crippen MR) is 118 cm³/mol. The number of rotatable bonds is 4. The van der Waals surface area contributed by atoms with Crippen LogP contribution >= 0.6 is 24.8 Å². The monoisotopic (exact) mass is 429 g/mol. The summed E-state index contributed by atoms with van der Waals surface area (Å²) in [6, 6.07) is 8.49. The molecule has 2 atom stereocenters. The van der Waals surface area contributed by atoms with E-state index in [0.29, 0.717) is 17.9 Å². The first-order valence-corrected chi connectivity index (χ1v) is 10.1. The number of carbonyl (C=O) groups excluding carboxylic acids is 1. The molecule has 0 spiro atoms. The number of nitrogens with one attached hydrogen (secondary N) is 2. The third-order valence-electron chi connectivity index (χ3n) is 6.75. The molecule has 1 saturated carbocycles. The zero-order valence-electron chi connectivity index (χ0n) is 16.6. The van der Waals surface area contributed by atoms with Crippen molar-refractivity contribution in [2.24, 2.45) is 11.3 Å². The molecule has 2 N–H and O–H groups in total. The van der Waals surface area contributed by atoms with Crippen molar-refractivity contribution in [3.05, 3.63) is 24.3 Å². The first-order valence-electron chi connectivity index (χ1n) is 10.1. The van der Waals surface area contributed by atoms with Gasteiger partial charge in [-0.15, -0.1) is 24.8 Å². The molecule has 0 unspecified atom stereocenters. The first-order chi connectivity index (χ1) is 12.7. The number of para-hydroxylation sites is 2. The van der Waals surface area contributed by atoms with Crippen LogP contribution in [-0.4, -0.2) is 45.2 Å². The fourth-order valence-corrected chi connectivity index (χ4v) is 5.18. The van der Waals surface area contributed by atoms with E-state index in [1.165, 1.54) is 19.3 Å². The summed E-state index contributed by atoms with van der Waals surface area (Å²) in [6.07, 6.45) is 6.72. The second-order valence-corrected chi connectivity index (χ2v) is 8.14. The van der Waals surface area contributed by atoms with Crippen LogP contribution in [0.15, 0.2) is 24.3 Å². The molecule has 3 fully saturated rings. The summed E-state index contributed by atoms with van der Waals surface area (Å²) in [7, 11) is 1.72. The van der Waals surface area contributed by atoms with Crippen molar-refractivity contribution >= 4 is 36.4 Å². The molecular weight excluding hydrogens is 397 g/mol. The lowest BCUT2D eigenvalue weighted by molar-refractivity contribution is -0.134. The highest BCUT2D eigenvalue weighted by molar-refractivity contribution is 5.85. The normalized spacial score (nSPS) is 27.2. The Balaban J connectivity index is 0.00000140. The van der Waals surface area contributed by atoms with E-state index in [2.05, 4.69) is 27.7 Å². The minimum Gasteiger partial charge on any atom is -0.495 e. The summed E-state index contributed by atoms with van der Waals surface area (Å²) >= 11 is 0. The van der Waals surface area contributed by atoms with E-state index in [9.17, 15) is 4.79 Å². The quantitative estimate of drug-likeness (QED) is 0.769. The topological polar surface area (TPSA) is 53.6 Å². The van der Waals surface area contributed by atoms with Gasteiger partial charge in [-0.25, -0.2) is 0 Å². The first kappa shape index (κ1) is 23.1. The Morgan fingerprint density at radius 3 is 2.68 bits per heavy atom. The van der Waals surface area contributed by atoms with Gasteiger partial charge in [-0.2, -0.15) is 0 Å². The number of amides is 1. The minimum atomic E-state index is -0.141. The summed E-state index contributed by atoms with van der Waals surface area (Å²) in [5, 5.41) is 6.90. The number of hydrogen-bond acceptors (Lipinski definition) is 4. The third kappa shape index (κ3) is 4.37. The standard InChI is InChI=1S/C21H31N3O2.2ClH/c1-26-19-8-3-2-7-18(19)24-12-9-17(10-13-24)23-20(25)21-11-5-4-6-16(21)14-22-15-21;;/h2-3,7-8,16-17,22H,4-6,9-15H2,1H3,(H,23,25);2*1H/t16-,21+;;/m0../s1. The van der Waals surface area contributed by atoms with Gasteiger partial charge in [0, 0.05) is 25.7 Å². The Morgan fingerprint density at radius 2 is 1.93 bits per heavy atom. The lowest BCUT2D eigenvalue weighted by Crippen LogP contribution is -2.53. The van der Waals surface area contributed by atoms with Crippen LogP contribution in [0.3, 0.4) is 0 Å². The van der Waals surface area contributed by atoms with Gasteiger partial charge in [-0.05, 0) is 50.3 Å². The summed E-state index contributed by atoms with van der Waals surface area (Å²) in [5.41, 5.74) is 1.02. The molecule has 0 bridgehead atoms. The van der Waals surface area contributed by atoms with Gasteiger partial charge >= 0.3 is 0 Å². The molecule has 2 heterocycles. The molecule has 5 nitrogen and oxygen atoms in total. The Labute approximate surface area is 180 Å². The second-order valence-electron chi connectivity index (χ2n) is 8.14. The molecule has 0 radical (unpaired) electrons. The Morgan fingerprint density at radius 1 is 1.18 bits per heavy atom. The van der Waals surface area contributed by atoms with E-state index in [0.717, 1.165) is 56.9 Å². The highest BCUT2D eigenvalue weighted by Gasteiger charge is 2.50. The molecule has 1 amide bonds. The van der Waals surface area contributed by atoms with Crippen molar-refractivity contribution in [3.63, 3.8) is 0 Å². The van der Waals surface area contributed by atoms with Crippen LogP contribution < -0.4 is 20.3 Å². The Hall–Kier alpha value is -1.17. The van der Waals surface area contributed by atoms with Gasteiger partial charge < -0.3 is 20.3 Å². The average Bonchev–Trinajstić information content (AvgIpc) is 3.14. The molecule has 1 aromatic carbocycles. The van der Waals surface area contributed by atoms with Crippen LogP contribution in [0.4, 0.5) is 5.69 Å². The smallest absolute Gasteiger partial charge is 0.228 e. The number of anilines is 1. The van der Waals surface area contributed by atoms with E-state index < -0.39 is 0 Å². The number of ether oxygens (including phenoxy) is 1. The minimum absolute atomic E-state index is 0. The van der Waals surface area contributed by atoms with E-state index in [1.54, 1.807) is 7.11 Å². The van der Waals surface area contributed by atoms with Gasteiger partial charge in [0.1, 0.15) is 5.75 Å². The Bertz CT molecular complexity index is 652. The van der Waals surface area contributed by atoms with Crippen LogP contribution in [-0.2, 0) is 4.79 Å². The van der Waals surface area contributed by atoms with Gasteiger partial charge in [0.15, 0.2) is 0 Å². The molecule has 2 aliphatic heterocycles.